The number of anilines is 1. The number of para-hydroxylation sites is 2. The van der Waals surface area contributed by atoms with Crippen LogP contribution in [0.4, 0.5) is 5.69 Å². The number of carbonyl (C=O) groups excluding carboxylic acids is 1. The van der Waals surface area contributed by atoms with E-state index in [4.69, 9.17) is 16.3 Å². The van der Waals surface area contributed by atoms with Crippen LogP contribution in [0, 0.1) is 5.92 Å². The minimum Gasteiger partial charge on any atom is -0.488 e. The smallest absolute Gasteiger partial charge is 0.259 e. The highest BCUT2D eigenvalue weighted by Crippen LogP contribution is 2.39. The molecule has 0 spiro atoms. The molecule has 0 unspecified atom stereocenters. The topological polar surface area (TPSA) is 29.5 Å². The lowest BCUT2D eigenvalue weighted by molar-refractivity contribution is -0.113. The van der Waals surface area contributed by atoms with Gasteiger partial charge in [-0.15, -0.1) is 0 Å². The lowest BCUT2D eigenvalue weighted by Crippen LogP contribution is -2.30. The van der Waals surface area contributed by atoms with Gasteiger partial charge in [-0.05, 0) is 41.8 Å². The number of carbonyl (C=O) groups is 1. The molecule has 0 aliphatic carbocycles. The Hall–Kier alpha value is -3.04. The SMILES string of the molecule is CC(C)CN1C(=O)/C(=C\c2ccccc2OCc2ccc(Cl)cc2)c2ccccc21. The van der Waals surface area contributed by atoms with Crippen LogP contribution in [0.1, 0.15) is 30.5 Å². The summed E-state index contributed by atoms with van der Waals surface area (Å²) in [6.45, 7) is 5.37. The highest BCUT2D eigenvalue weighted by Gasteiger charge is 2.32. The van der Waals surface area contributed by atoms with Gasteiger partial charge in [-0.1, -0.05) is 74.0 Å². The molecular weight excluding hydrogens is 394 g/mol. The van der Waals surface area contributed by atoms with E-state index >= 15 is 0 Å². The molecule has 0 saturated heterocycles. The Bertz CT molecular complexity index is 1090. The van der Waals surface area contributed by atoms with Gasteiger partial charge in [-0.3, -0.25) is 4.79 Å². The summed E-state index contributed by atoms with van der Waals surface area (Å²) >= 11 is 5.96. The Morgan fingerprint density at radius 3 is 2.43 bits per heavy atom. The molecule has 0 fully saturated rings. The fourth-order valence-corrected chi connectivity index (χ4v) is 3.75. The molecule has 0 bridgehead atoms. The molecule has 4 heteroatoms. The monoisotopic (exact) mass is 417 g/mol. The number of rotatable bonds is 6. The number of hydrogen-bond acceptors (Lipinski definition) is 2. The summed E-state index contributed by atoms with van der Waals surface area (Å²) in [7, 11) is 0. The molecule has 4 rings (SSSR count). The van der Waals surface area contributed by atoms with Crippen LogP contribution in [0.5, 0.6) is 5.75 Å². The molecule has 3 aromatic carbocycles. The molecule has 1 amide bonds. The van der Waals surface area contributed by atoms with Crippen molar-refractivity contribution in [1.29, 1.82) is 0 Å². The van der Waals surface area contributed by atoms with Crippen molar-refractivity contribution in [2.24, 2.45) is 5.92 Å². The zero-order chi connectivity index (χ0) is 21.1. The highest BCUT2D eigenvalue weighted by atomic mass is 35.5. The van der Waals surface area contributed by atoms with E-state index in [1.54, 1.807) is 0 Å². The average molecular weight is 418 g/mol. The number of halogens is 1. The number of hydrogen-bond donors (Lipinski definition) is 0. The first-order valence-electron chi connectivity index (χ1n) is 10.1. The van der Waals surface area contributed by atoms with Gasteiger partial charge in [-0.25, -0.2) is 0 Å². The van der Waals surface area contributed by atoms with Crippen molar-refractivity contribution in [1.82, 2.24) is 0 Å². The first kappa shape index (κ1) is 20.2. The maximum atomic E-state index is 13.2. The maximum absolute atomic E-state index is 13.2. The van der Waals surface area contributed by atoms with Crippen LogP contribution in [0.2, 0.25) is 5.02 Å². The van der Waals surface area contributed by atoms with Crippen molar-refractivity contribution in [2.45, 2.75) is 20.5 Å². The largest absolute Gasteiger partial charge is 0.488 e. The van der Waals surface area contributed by atoms with Crippen molar-refractivity contribution >= 4 is 34.8 Å². The molecule has 1 heterocycles. The van der Waals surface area contributed by atoms with E-state index in [1.165, 1.54) is 0 Å². The molecule has 0 atom stereocenters. The Morgan fingerprint density at radius 2 is 1.67 bits per heavy atom. The van der Waals surface area contributed by atoms with Gasteiger partial charge in [0.2, 0.25) is 0 Å². The number of fused-ring (bicyclic) bond motifs is 1. The van der Waals surface area contributed by atoms with Gasteiger partial charge in [0.25, 0.3) is 5.91 Å². The van der Waals surface area contributed by atoms with Crippen LogP contribution >= 0.6 is 11.6 Å². The molecule has 1 aliphatic rings. The van der Waals surface area contributed by atoms with E-state index in [0.717, 1.165) is 28.1 Å². The van der Waals surface area contributed by atoms with Crippen LogP contribution in [0.15, 0.2) is 72.8 Å². The summed E-state index contributed by atoms with van der Waals surface area (Å²) in [5.74, 6) is 1.17. The van der Waals surface area contributed by atoms with Crippen molar-refractivity contribution in [3.63, 3.8) is 0 Å². The first-order chi connectivity index (χ1) is 14.5. The molecule has 0 radical (unpaired) electrons. The predicted octanol–water partition coefficient (Wildman–Crippen LogP) is 6.46. The van der Waals surface area contributed by atoms with E-state index in [9.17, 15) is 4.79 Å². The average Bonchev–Trinajstić information content (AvgIpc) is 3.00. The lowest BCUT2D eigenvalue weighted by Gasteiger charge is -2.19. The third-order valence-electron chi connectivity index (χ3n) is 5.03. The van der Waals surface area contributed by atoms with Gasteiger partial charge < -0.3 is 9.64 Å². The summed E-state index contributed by atoms with van der Waals surface area (Å²) in [5.41, 5.74) is 4.56. The molecule has 0 saturated carbocycles. The van der Waals surface area contributed by atoms with Gasteiger partial charge in [-0.2, -0.15) is 0 Å². The van der Waals surface area contributed by atoms with Crippen LogP contribution in [0.25, 0.3) is 11.6 Å². The molecule has 3 aromatic rings. The number of ether oxygens (including phenoxy) is 1. The normalized spacial score (nSPS) is 14.5. The van der Waals surface area contributed by atoms with Crippen LogP contribution in [-0.2, 0) is 11.4 Å². The second kappa shape index (κ2) is 8.76. The quantitative estimate of drug-likeness (QED) is 0.430. The van der Waals surface area contributed by atoms with Gasteiger partial charge >= 0.3 is 0 Å². The summed E-state index contributed by atoms with van der Waals surface area (Å²) in [6.07, 6.45) is 1.94. The zero-order valence-corrected chi connectivity index (χ0v) is 17.9. The van der Waals surface area contributed by atoms with Crippen molar-refractivity contribution in [3.8, 4) is 5.75 Å². The van der Waals surface area contributed by atoms with Crippen molar-refractivity contribution in [3.05, 3.63) is 94.5 Å². The Kier molecular flexibility index (Phi) is 5.91. The predicted molar refractivity (Wildman–Crippen MR) is 124 cm³/mol. The Morgan fingerprint density at radius 1 is 0.967 bits per heavy atom. The van der Waals surface area contributed by atoms with E-state index in [2.05, 4.69) is 13.8 Å². The van der Waals surface area contributed by atoms with E-state index in [1.807, 2.05) is 83.8 Å². The zero-order valence-electron chi connectivity index (χ0n) is 17.1. The fourth-order valence-electron chi connectivity index (χ4n) is 3.62. The minimum atomic E-state index is 0.0393. The van der Waals surface area contributed by atoms with Crippen LogP contribution in [0.3, 0.4) is 0 Å². The minimum absolute atomic E-state index is 0.0393. The number of nitrogens with zero attached hydrogens (tertiary/aromatic N) is 1. The summed E-state index contributed by atoms with van der Waals surface area (Å²) in [6, 6.07) is 23.4. The molecule has 0 N–H and O–H groups in total. The molecule has 1 aliphatic heterocycles. The summed E-state index contributed by atoms with van der Waals surface area (Å²) in [4.78, 5) is 15.1. The second-order valence-electron chi connectivity index (χ2n) is 7.84. The van der Waals surface area contributed by atoms with Gasteiger partial charge in [0.05, 0.1) is 5.69 Å². The second-order valence-corrected chi connectivity index (χ2v) is 8.27. The standard InChI is InChI=1S/C26H24ClNO2/c1-18(2)16-28-24-9-5-4-8-22(24)23(26(28)29)15-20-7-3-6-10-25(20)30-17-19-11-13-21(27)14-12-19/h3-15,18H,16-17H2,1-2H3/b23-15-. The summed E-state index contributed by atoms with van der Waals surface area (Å²) < 4.78 is 6.08. The van der Waals surface area contributed by atoms with E-state index < -0.39 is 0 Å². The van der Waals surface area contributed by atoms with Gasteiger partial charge in [0.15, 0.2) is 0 Å². The van der Waals surface area contributed by atoms with E-state index in [0.29, 0.717) is 29.7 Å². The fraction of sp³-hybridized carbons (Fsp3) is 0.192. The molecule has 3 nitrogen and oxygen atoms in total. The lowest BCUT2D eigenvalue weighted by atomic mass is 10.0. The maximum Gasteiger partial charge on any atom is 0.259 e. The summed E-state index contributed by atoms with van der Waals surface area (Å²) in [5, 5.41) is 0.702. The van der Waals surface area contributed by atoms with Crippen LogP contribution in [-0.4, -0.2) is 12.5 Å². The van der Waals surface area contributed by atoms with Crippen LogP contribution < -0.4 is 9.64 Å². The number of benzene rings is 3. The highest BCUT2D eigenvalue weighted by molar-refractivity contribution is 6.36. The Labute approximate surface area is 182 Å². The molecule has 30 heavy (non-hydrogen) atoms. The molecule has 0 aromatic heterocycles. The van der Waals surface area contributed by atoms with Gasteiger partial charge in [0.1, 0.15) is 12.4 Å². The Balaban J connectivity index is 1.65. The number of amides is 1. The van der Waals surface area contributed by atoms with Crippen molar-refractivity contribution < 1.29 is 9.53 Å². The van der Waals surface area contributed by atoms with E-state index in [-0.39, 0.29) is 5.91 Å². The third kappa shape index (κ3) is 4.27. The van der Waals surface area contributed by atoms with Crippen molar-refractivity contribution in [2.75, 3.05) is 11.4 Å². The third-order valence-corrected chi connectivity index (χ3v) is 5.29. The molecular formula is C26H24ClNO2. The first-order valence-corrected chi connectivity index (χ1v) is 10.5. The molecule has 152 valence electrons. The van der Waals surface area contributed by atoms with Gasteiger partial charge in [0, 0.05) is 28.3 Å².